The lowest BCUT2D eigenvalue weighted by atomic mass is 9.86. The van der Waals surface area contributed by atoms with Crippen molar-refractivity contribution in [3.05, 3.63) is 35.4 Å². The maximum atomic E-state index is 5.32. The second-order valence-electron chi connectivity index (χ2n) is 5.74. The molecule has 0 bridgehead atoms. The quantitative estimate of drug-likeness (QED) is 0.777. The van der Waals surface area contributed by atoms with Gasteiger partial charge in [0.2, 0.25) is 0 Å². The predicted molar refractivity (Wildman–Crippen MR) is 78.1 cm³/mol. The van der Waals surface area contributed by atoms with Crippen LogP contribution in [0, 0.1) is 0 Å². The van der Waals surface area contributed by atoms with Gasteiger partial charge in [-0.05, 0) is 30.4 Å². The van der Waals surface area contributed by atoms with Crippen molar-refractivity contribution in [3.8, 4) is 0 Å². The Kier molecular flexibility index (Phi) is 5.83. The van der Waals surface area contributed by atoms with Crippen molar-refractivity contribution in [1.29, 1.82) is 0 Å². The van der Waals surface area contributed by atoms with E-state index >= 15 is 0 Å². The van der Waals surface area contributed by atoms with Crippen molar-refractivity contribution < 1.29 is 4.74 Å². The van der Waals surface area contributed by atoms with Gasteiger partial charge in [0.15, 0.2) is 0 Å². The largest absolute Gasteiger partial charge is 0.380 e. The lowest BCUT2D eigenvalue weighted by molar-refractivity contribution is 0.147. The van der Waals surface area contributed by atoms with Crippen LogP contribution in [0.1, 0.15) is 51.8 Å². The zero-order valence-corrected chi connectivity index (χ0v) is 12.4. The Morgan fingerprint density at radius 3 is 2.28 bits per heavy atom. The summed E-state index contributed by atoms with van der Waals surface area (Å²) in [4.78, 5) is 0. The molecular formula is C16H27NO. The highest BCUT2D eigenvalue weighted by Gasteiger charge is 2.13. The molecule has 1 aromatic carbocycles. The Morgan fingerprint density at radius 2 is 1.78 bits per heavy atom. The summed E-state index contributed by atoms with van der Waals surface area (Å²) in [7, 11) is 0. The molecular weight excluding hydrogens is 222 g/mol. The maximum Gasteiger partial charge on any atom is 0.0590 e. The van der Waals surface area contributed by atoms with Crippen molar-refractivity contribution in [2.24, 2.45) is 0 Å². The molecule has 0 spiro atoms. The van der Waals surface area contributed by atoms with Gasteiger partial charge in [-0.3, -0.25) is 0 Å². The van der Waals surface area contributed by atoms with E-state index in [-0.39, 0.29) is 5.41 Å². The molecule has 2 heteroatoms. The molecule has 1 unspecified atom stereocenters. The normalized spacial score (nSPS) is 13.6. The summed E-state index contributed by atoms with van der Waals surface area (Å²) in [6.45, 7) is 13.4. The van der Waals surface area contributed by atoms with Crippen LogP contribution < -0.4 is 5.32 Å². The molecule has 0 saturated heterocycles. The molecule has 0 radical (unpaired) electrons. The zero-order chi connectivity index (χ0) is 13.6. The van der Waals surface area contributed by atoms with Gasteiger partial charge in [0.25, 0.3) is 0 Å². The first kappa shape index (κ1) is 15.2. The molecule has 0 amide bonds. The van der Waals surface area contributed by atoms with E-state index in [1.807, 2.05) is 6.92 Å². The number of benzene rings is 1. The van der Waals surface area contributed by atoms with Crippen molar-refractivity contribution in [2.75, 3.05) is 19.8 Å². The van der Waals surface area contributed by atoms with Crippen molar-refractivity contribution in [2.45, 2.75) is 46.1 Å². The number of ether oxygens (including phenoxy) is 1. The average Bonchev–Trinajstić information content (AvgIpc) is 2.33. The van der Waals surface area contributed by atoms with Crippen LogP contribution in [0.25, 0.3) is 0 Å². The fraction of sp³-hybridized carbons (Fsp3) is 0.625. The van der Waals surface area contributed by atoms with Crippen molar-refractivity contribution >= 4 is 0 Å². The van der Waals surface area contributed by atoms with Crippen LogP contribution in [0.3, 0.4) is 0 Å². The molecule has 1 aromatic rings. The first-order valence-electron chi connectivity index (χ1n) is 6.86. The van der Waals surface area contributed by atoms with Crippen LogP contribution in [0.5, 0.6) is 0 Å². The Morgan fingerprint density at radius 1 is 1.17 bits per heavy atom. The van der Waals surface area contributed by atoms with Gasteiger partial charge in [-0.25, -0.2) is 0 Å². The van der Waals surface area contributed by atoms with Crippen molar-refractivity contribution in [3.63, 3.8) is 0 Å². The number of rotatable bonds is 6. The minimum Gasteiger partial charge on any atom is -0.380 e. The monoisotopic (exact) mass is 249 g/mol. The Balaban J connectivity index is 2.51. The van der Waals surface area contributed by atoms with Gasteiger partial charge >= 0.3 is 0 Å². The second kappa shape index (κ2) is 6.91. The van der Waals surface area contributed by atoms with Gasteiger partial charge in [-0.15, -0.1) is 0 Å². The topological polar surface area (TPSA) is 21.3 Å². The Hall–Kier alpha value is -0.860. The fourth-order valence-corrected chi connectivity index (χ4v) is 1.88. The van der Waals surface area contributed by atoms with Gasteiger partial charge in [-0.1, -0.05) is 45.0 Å². The molecule has 102 valence electrons. The lowest BCUT2D eigenvalue weighted by Crippen LogP contribution is -2.23. The molecule has 0 aliphatic rings. The smallest absolute Gasteiger partial charge is 0.0590 e. The van der Waals surface area contributed by atoms with E-state index in [0.717, 1.165) is 19.8 Å². The SMILES string of the molecule is CCOCCNC(C)c1ccc(C(C)(C)C)cc1. The molecule has 0 saturated carbocycles. The van der Waals surface area contributed by atoms with E-state index < -0.39 is 0 Å². The minimum atomic E-state index is 0.226. The lowest BCUT2D eigenvalue weighted by Gasteiger charge is -2.20. The molecule has 0 fully saturated rings. The molecule has 1 atom stereocenters. The highest BCUT2D eigenvalue weighted by atomic mass is 16.5. The summed E-state index contributed by atoms with van der Waals surface area (Å²) < 4.78 is 5.32. The van der Waals surface area contributed by atoms with Crippen LogP contribution in [0.4, 0.5) is 0 Å². The summed E-state index contributed by atoms with van der Waals surface area (Å²) in [5, 5.41) is 3.47. The highest BCUT2D eigenvalue weighted by Crippen LogP contribution is 2.23. The summed E-state index contributed by atoms with van der Waals surface area (Å²) in [6.07, 6.45) is 0. The molecule has 0 aliphatic heterocycles. The van der Waals surface area contributed by atoms with Crippen molar-refractivity contribution in [1.82, 2.24) is 5.32 Å². The van der Waals surface area contributed by atoms with E-state index in [0.29, 0.717) is 6.04 Å². The second-order valence-corrected chi connectivity index (χ2v) is 5.74. The van der Waals surface area contributed by atoms with Gasteiger partial charge in [0, 0.05) is 19.2 Å². The Bertz CT molecular complexity index is 337. The zero-order valence-electron chi connectivity index (χ0n) is 12.4. The fourth-order valence-electron chi connectivity index (χ4n) is 1.88. The molecule has 0 heterocycles. The minimum absolute atomic E-state index is 0.226. The van der Waals surface area contributed by atoms with Crippen LogP contribution in [-0.2, 0) is 10.2 Å². The third-order valence-corrected chi connectivity index (χ3v) is 3.18. The third-order valence-electron chi connectivity index (χ3n) is 3.18. The van der Waals surface area contributed by atoms with E-state index in [1.165, 1.54) is 11.1 Å². The van der Waals surface area contributed by atoms with E-state index in [1.54, 1.807) is 0 Å². The maximum absolute atomic E-state index is 5.32. The van der Waals surface area contributed by atoms with Gasteiger partial charge in [0.05, 0.1) is 6.61 Å². The van der Waals surface area contributed by atoms with E-state index in [4.69, 9.17) is 4.74 Å². The highest BCUT2D eigenvalue weighted by molar-refractivity contribution is 5.28. The molecule has 1 N–H and O–H groups in total. The first-order valence-corrected chi connectivity index (χ1v) is 6.86. The predicted octanol–water partition coefficient (Wildman–Crippen LogP) is 3.67. The van der Waals surface area contributed by atoms with Crippen LogP contribution in [-0.4, -0.2) is 19.8 Å². The molecule has 0 aromatic heterocycles. The summed E-state index contributed by atoms with van der Waals surface area (Å²) in [5.41, 5.74) is 2.94. The summed E-state index contributed by atoms with van der Waals surface area (Å²) in [6, 6.07) is 9.28. The van der Waals surface area contributed by atoms with Gasteiger partial charge in [0.1, 0.15) is 0 Å². The average molecular weight is 249 g/mol. The molecule has 1 rings (SSSR count). The van der Waals surface area contributed by atoms with Crippen LogP contribution >= 0.6 is 0 Å². The van der Waals surface area contributed by atoms with E-state index in [2.05, 4.69) is 57.3 Å². The summed E-state index contributed by atoms with van der Waals surface area (Å²) >= 11 is 0. The van der Waals surface area contributed by atoms with Crippen LogP contribution in [0.2, 0.25) is 0 Å². The van der Waals surface area contributed by atoms with Crippen LogP contribution in [0.15, 0.2) is 24.3 Å². The Labute approximate surface area is 112 Å². The molecule has 2 nitrogen and oxygen atoms in total. The number of nitrogens with one attached hydrogen (secondary N) is 1. The first-order chi connectivity index (χ1) is 8.45. The van der Waals surface area contributed by atoms with Gasteiger partial charge in [-0.2, -0.15) is 0 Å². The van der Waals surface area contributed by atoms with E-state index in [9.17, 15) is 0 Å². The third kappa shape index (κ3) is 4.79. The summed E-state index contributed by atoms with van der Waals surface area (Å²) in [5.74, 6) is 0. The molecule has 18 heavy (non-hydrogen) atoms. The van der Waals surface area contributed by atoms with Gasteiger partial charge < -0.3 is 10.1 Å². The number of hydrogen-bond donors (Lipinski definition) is 1. The molecule has 0 aliphatic carbocycles. The number of hydrogen-bond acceptors (Lipinski definition) is 2. The standard InChI is InChI=1S/C16H27NO/c1-6-18-12-11-17-13(2)14-7-9-15(10-8-14)16(3,4)5/h7-10,13,17H,6,11-12H2,1-5H3.